The molecule has 3 aromatic rings. The second kappa shape index (κ2) is 2.22. The summed E-state index contributed by atoms with van der Waals surface area (Å²) in [4.78, 5) is 8.21. The molecule has 0 bridgehead atoms. The molecule has 3 heterocycles. The van der Waals surface area contributed by atoms with E-state index in [1.807, 2.05) is 6.07 Å². The van der Waals surface area contributed by atoms with Gasteiger partial charge in [-0.05, 0) is 6.07 Å². The summed E-state index contributed by atoms with van der Waals surface area (Å²) in [6.07, 6.45) is 6.88. The Kier molecular flexibility index (Phi) is 1.11. The first-order valence-corrected chi connectivity index (χ1v) is 3.84. The fraction of sp³-hybridized carbons (Fsp3) is 0. The summed E-state index contributed by atoms with van der Waals surface area (Å²) >= 11 is 0. The molecule has 3 aromatic heterocycles. The van der Waals surface area contributed by atoms with Gasteiger partial charge in [0.05, 0.1) is 17.9 Å². The lowest BCUT2D eigenvalue weighted by molar-refractivity contribution is 0.873. The third-order valence-electron chi connectivity index (χ3n) is 1.93. The van der Waals surface area contributed by atoms with E-state index in [4.69, 9.17) is 0 Å². The molecule has 13 heavy (non-hydrogen) atoms. The molecule has 0 aliphatic rings. The van der Waals surface area contributed by atoms with Crippen LogP contribution in [-0.2, 0) is 0 Å². The molecule has 0 saturated heterocycles. The number of hydrogen-bond donors (Lipinski definition) is 0. The monoisotopic (exact) mass is 171 g/mol. The smallest absolute Gasteiger partial charge is 0.176 e. The quantitative estimate of drug-likeness (QED) is 0.499. The Balaban J connectivity index is 2.65. The molecule has 0 radical (unpaired) electrons. The van der Waals surface area contributed by atoms with Gasteiger partial charge < -0.3 is 0 Å². The van der Waals surface area contributed by atoms with Gasteiger partial charge in [0.1, 0.15) is 0 Å². The van der Waals surface area contributed by atoms with Gasteiger partial charge in [0.2, 0.25) is 0 Å². The fourth-order valence-corrected chi connectivity index (χ4v) is 1.31. The van der Waals surface area contributed by atoms with Crippen LogP contribution in [-0.4, -0.2) is 24.8 Å². The number of fused-ring (bicyclic) bond motifs is 3. The summed E-state index contributed by atoms with van der Waals surface area (Å²) in [5, 5.41) is 8.69. The van der Waals surface area contributed by atoms with Crippen LogP contribution in [0, 0.1) is 0 Å². The van der Waals surface area contributed by atoms with Crippen LogP contribution in [0.2, 0.25) is 0 Å². The van der Waals surface area contributed by atoms with Crippen LogP contribution in [0.3, 0.4) is 0 Å². The Morgan fingerprint density at radius 2 is 2.15 bits per heavy atom. The van der Waals surface area contributed by atoms with Gasteiger partial charge >= 0.3 is 0 Å². The summed E-state index contributed by atoms with van der Waals surface area (Å²) < 4.78 is 1.67. The molecule has 0 atom stereocenters. The topological polar surface area (TPSA) is 56.0 Å². The number of pyridine rings is 1. The van der Waals surface area contributed by atoms with Crippen LogP contribution in [0.5, 0.6) is 0 Å². The molecule has 5 nitrogen and oxygen atoms in total. The molecule has 0 unspecified atom stereocenters. The highest BCUT2D eigenvalue weighted by Crippen LogP contribution is 2.10. The largest absolute Gasteiger partial charge is 0.262 e. The molecule has 5 heteroatoms. The van der Waals surface area contributed by atoms with E-state index in [2.05, 4.69) is 20.3 Å². The van der Waals surface area contributed by atoms with Gasteiger partial charge in [-0.2, -0.15) is 4.52 Å². The van der Waals surface area contributed by atoms with E-state index in [9.17, 15) is 0 Å². The lowest BCUT2D eigenvalue weighted by atomic mass is 10.3. The molecule has 0 fully saturated rings. The van der Waals surface area contributed by atoms with E-state index in [0.29, 0.717) is 0 Å². The lowest BCUT2D eigenvalue weighted by Crippen LogP contribution is -1.92. The Bertz CT molecular complexity index is 571. The first-order chi connectivity index (χ1) is 6.45. The van der Waals surface area contributed by atoms with Crippen LogP contribution in [0.1, 0.15) is 0 Å². The standard InChI is InChI=1S/C8H5N5/c1-2-9-4-7-6(1)3-10-8-5-11-12-13(7)8/h1-5H. The Morgan fingerprint density at radius 3 is 3.15 bits per heavy atom. The third kappa shape index (κ3) is 0.807. The maximum Gasteiger partial charge on any atom is 0.176 e. The molecule has 0 amide bonds. The van der Waals surface area contributed by atoms with Crippen molar-refractivity contribution < 1.29 is 0 Å². The van der Waals surface area contributed by atoms with E-state index in [-0.39, 0.29) is 0 Å². The Morgan fingerprint density at radius 1 is 1.15 bits per heavy atom. The van der Waals surface area contributed by atoms with E-state index in [1.54, 1.807) is 29.3 Å². The molecule has 0 aliphatic heterocycles. The highest BCUT2D eigenvalue weighted by molar-refractivity contribution is 5.78. The van der Waals surface area contributed by atoms with Crippen molar-refractivity contribution in [3.63, 3.8) is 0 Å². The average Bonchev–Trinajstić information content (AvgIpc) is 2.65. The second-order valence-corrected chi connectivity index (χ2v) is 2.70. The minimum absolute atomic E-state index is 0.737. The molecule has 0 aromatic carbocycles. The van der Waals surface area contributed by atoms with Crippen LogP contribution in [0.4, 0.5) is 0 Å². The summed E-state index contributed by atoms with van der Waals surface area (Å²) in [7, 11) is 0. The van der Waals surface area contributed by atoms with Crippen LogP contribution in [0.25, 0.3) is 16.6 Å². The van der Waals surface area contributed by atoms with Crippen molar-refractivity contribution in [1.29, 1.82) is 0 Å². The number of hydrogen-bond acceptors (Lipinski definition) is 4. The summed E-state index contributed by atoms with van der Waals surface area (Å²) in [6.45, 7) is 0. The zero-order valence-electron chi connectivity index (χ0n) is 6.62. The van der Waals surface area contributed by atoms with Crippen molar-refractivity contribution in [1.82, 2.24) is 24.8 Å². The zero-order valence-corrected chi connectivity index (χ0v) is 6.62. The molecule has 62 valence electrons. The Labute approximate surface area is 73.0 Å². The maximum absolute atomic E-state index is 4.18. The number of aromatic nitrogens is 5. The minimum atomic E-state index is 0.737. The van der Waals surface area contributed by atoms with Crippen molar-refractivity contribution in [3.8, 4) is 0 Å². The fourth-order valence-electron chi connectivity index (χ4n) is 1.31. The molecule has 0 N–H and O–H groups in total. The van der Waals surface area contributed by atoms with Gasteiger partial charge in [0.15, 0.2) is 5.65 Å². The van der Waals surface area contributed by atoms with Crippen molar-refractivity contribution in [2.45, 2.75) is 0 Å². The summed E-state index contributed by atoms with van der Waals surface area (Å²) in [6, 6.07) is 1.89. The van der Waals surface area contributed by atoms with E-state index in [1.165, 1.54) is 0 Å². The van der Waals surface area contributed by atoms with Crippen molar-refractivity contribution in [2.75, 3.05) is 0 Å². The Hall–Kier alpha value is -2.04. The van der Waals surface area contributed by atoms with E-state index in [0.717, 1.165) is 16.6 Å². The zero-order chi connectivity index (χ0) is 8.67. The number of nitrogens with zero attached hydrogens (tertiary/aromatic N) is 5. The van der Waals surface area contributed by atoms with Gasteiger partial charge in [-0.15, -0.1) is 5.10 Å². The van der Waals surface area contributed by atoms with Crippen molar-refractivity contribution in [3.05, 3.63) is 30.9 Å². The molecule has 0 aliphatic carbocycles. The molecule has 3 rings (SSSR count). The maximum atomic E-state index is 4.18. The van der Waals surface area contributed by atoms with Crippen LogP contribution in [0.15, 0.2) is 30.9 Å². The van der Waals surface area contributed by atoms with Gasteiger partial charge in [0, 0.05) is 17.8 Å². The molecule has 0 spiro atoms. The molecule has 0 saturated carbocycles. The highest BCUT2D eigenvalue weighted by Gasteiger charge is 2.00. The normalized spacial score (nSPS) is 11.1. The first-order valence-electron chi connectivity index (χ1n) is 3.84. The SMILES string of the molecule is c1cc2cnc3cnnn3c2cn1. The average molecular weight is 171 g/mol. The molecular weight excluding hydrogens is 166 g/mol. The first kappa shape index (κ1) is 6.47. The van der Waals surface area contributed by atoms with Gasteiger partial charge in [-0.1, -0.05) is 5.21 Å². The van der Waals surface area contributed by atoms with Gasteiger partial charge in [-0.25, -0.2) is 4.98 Å². The van der Waals surface area contributed by atoms with Crippen molar-refractivity contribution >= 4 is 16.6 Å². The third-order valence-corrected chi connectivity index (χ3v) is 1.93. The predicted octanol–water partition coefficient (Wildman–Crippen LogP) is 0.672. The van der Waals surface area contributed by atoms with Crippen molar-refractivity contribution in [2.24, 2.45) is 0 Å². The highest BCUT2D eigenvalue weighted by atomic mass is 15.4. The lowest BCUT2D eigenvalue weighted by Gasteiger charge is -1.96. The minimum Gasteiger partial charge on any atom is -0.262 e. The van der Waals surface area contributed by atoms with Crippen LogP contribution >= 0.6 is 0 Å². The molecular formula is C8H5N5. The summed E-state index contributed by atoms with van der Waals surface area (Å²) in [5.74, 6) is 0. The van der Waals surface area contributed by atoms with E-state index < -0.39 is 0 Å². The van der Waals surface area contributed by atoms with E-state index >= 15 is 0 Å². The summed E-state index contributed by atoms with van der Waals surface area (Å²) in [5.41, 5.74) is 1.66. The second-order valence-electron chi connectivity index (χ2n) is 2.70. The van der Waals surface area contributed by atoms with Crippen LogP contribution < -0.4 is 0 Å². The predicted molar refractivity (Wildman–Crippen MR) is 46.1 cm³/mol. The number of rotatable bonds is 0. The van der Waals surface area contributed by atoms with Gasteiger partial charge in [0.25, 0.3) is 0 Å². The van der Waals surface area contributed by atoms with Gasteiger partial charge in [-0.3, -0.25) is 4.98 Å².